The second-order valence-electron chi connectivity index (χ2n) is 8.79. The van der Waals surface area contributed by atoms with Crippen molar-refractivity contribution in [1.29, 1.82) is 0 Å². The molecule has 0 spiro atoms. The number of carbonyl (C=O) groups is 1. The smallest absolute Gasteiger partial charge is 0.319 e. The fourth-order valence-corrected chi connectivity index (χ4v) is 3.85. The second-order valence-corrected chi connectivity index (χ2v) is 8.79. The molecule has 0 radical (unpaired) electrons. The third-order valence-corrected chi connectivity index (χ3v) is 5.93. The van der Waals surface area contributed by atoms with Crippen molar-refractivity contribution >= 4 is 5.97 Å². The van der Waals surface area contributed by atoms with E-state index in [9.17, 15) is 9.18 Å². The van der Waals surface area contributed by atoms with E-state index in [2.05, 4.69) is 13.8 Å². The number of unbranched alkanes of at least 4 members (excludes halogenated alkanes) is 5. The highest BCUT2D eigenvalue weighted by molar-refractivity contribution is 5.76. The Kier molecular flexibility index (Phi) is 10.8. The van der Waals surface area contributed by atoms with Crippen LogP contribution < -0.4 is 9.47 Å². The maximum absolute atomic E-state index is 14.7. The second kappa shape index (κ2) is 14.1. The van der Waals surface area contributed by atoms with Gasteiger partial charge < -0.3 is 18.9 Å². The summed E-state index contributed by atoms with van der Waals surface area (Å²) in [7, 11) is 0. The lowest BCUT2D eigenvalue weighted by Gasteiger charge is -2.28. The first kappa shape index (κ1) is 26.2. The first-order valence-electron chi connectivity index (χ1n) is 12.6. The van der Waals surface area contributed by atoms with E-state index in [0.717, 1.165) is 38.5 Å². The number of esters is 1. The maximum atomic E-state index is 14.7. The van der Waals surface area contributed by atoms with Gasteiger partial charge in [0.05, 0.1) is 19.8 Å². The van der Waals surface area contributed by atoms with E-state index in [4.69, 9.17) is 18.9 Å². The molecule has 1 heterocycles. The Hall–Kier alpha value is -2.44. The van der Waals surface area contributed by atoms with Crippen LogP contribution in [0.2, 0.25) is 0 Å². The minimum atomic E-state index is -0.450. The summed E-state index contributed by atoms with van der Waals surface area (Å²) in [4.78, 5) is 12.5. The minimum absolute atomic E-state index is 0.234. The lowest BCUT2D eigenvalue weighted by Crippen LogP contribution is -2.38. The largest absolute Gasteiger partial charge is 0.493 e. The van der Waals surface area contributed by atoms with Gasteiger partial charge in [-0.05, 0) is 49.1 Å². The van der Waals surface area contributed by atoms with Gasteiger partial charge in [-0.15, -0.1) is 0 Å². The number of benzene rings is 2. The molecule has 0 unspecified atom stereocenters. The highest BCUT2D eigenvalue weighted by atomic mass is 19.1. The summed E-state index contributed by atoms with van der Waals surface area (Å²) in [5.41, 5.74) is 1.17. The summed E-state index contributed by atoms with van der Waals surface area (Å²) in [5.74, 6) is -0.236. The molecule has 0 aromatic heterocycles. The molecule has 0 atom stereocenters. The molecule has 6 heteroatoms. The highest BCUT2D eigenvalue weighted by Crippen LogP contribution is 2.28. The quantitative estimate of drug-likeness (QED) is 0.180. The van der Waals surface area contributed by atoms with Crippen LogP contribution in [-0.2, 0) is 14.3 Å². The average molecular weight is 473 g/mol. The molecule has 5 nitrogen and oxygen atoms in total. The third kappa shape index (κ3) is 8.10. The highest BCUT2D eigenvalue weighted by Gasteiger charge is 2.29. The number of rotatable bonds is 13. The fraction of sp³-hybridized carbons (Fsp3) is 0.536. The van der Waals surface area contributed by atoms with E-state index >= 15 is 0 Å². The van der Waals surface area contributed by atoms with Crippen molar-refractivity contribution in [2.45, 2.75) is 71.5 Å². The molecule has 2 aromatic carbocycles. The van der Waals surface area contributed by atoms with E-state index in [0.29, 0.717) is 42.4 Å². The molecule has 0 aliphatic carbocycles. The number of hydrogen-bond acceptors (Lipinski definition) is 5. The first-order chi connectivity index (χ1) is 16.6. The molecule has 3 rings (SSSR count). The van der Waals surface area contributed by atoms with Crippen LogP contribution >= 0.6 is 0 Å². The lowest BCUT2D eigenvalue weighted by atomic mass is 10.0. The lowest BCUT2D eigenvalue weighted by molar-refractivity contribution is -0.208. The van der Waals surface area contributed by atoms with Crippen molar-refractivity contribution in [2.75, 3.05) is 19.8 Å². The van der Waals surface area contributed by atoms with E-state index in [-0.39, 0.29) is 18.1 Å². The van der Waals surface area contributed by atoms with E-state index in [1.807, 2.05) is 0 Å². The van der Waals surface area contributed by atoms with Crippen molar-refractivity contribution in [3.8, 4) is 22.6 Å². The van der Waals surface area contributed by atoms with Gasteiger partial charge in [-0.25, -0.2) is 4.39 Å². The summed E-state index contributed by atoms with van der Waals surface area (Å²) >= 11 is 0. The zero-order chi connectivity index (χ0) is 24.2. The Morgan fingerprint density at radius 2 is 1.59 bits per heavy atom. The first-order valence-corrected chi connectivity index (χ1v) is 12.6. The average Bonchev–Trinajstić information content (AvgIpc) is 2.85. The van der Waals surface area contributed by atoms with Crippen LogP contribution in [0, 0.1) is 11.7 Å². The number of hydrogen-bond donors (Lipinski definition) is 0. The molecule has 186 valence electrons. The van der Waals surface area contributed by atoms with E-state index in [1.54, 1.807) is 36.4 Å². The number of halogens is 1. The molecule has 1 saturated heterocycles. The Bertz CT molecular complexity index is 875. The zero-order valence-corrected chi connectivity index (χ0v) is 20.4. The van der Waals surface area contributed by atoms with Crippen molar-refractivity contribution in [2.24, 2.45) is 5.92 Å². The Balaban J connectivity index is 1.48. The van der Waals surface area contributed by atoms with E-state index in [1.165, 1.54) is 18.9 Å². The molecule has 0 bridgehead atoms. The van der Waals surface area contributed by atoms with Crippen LogP contribution in [-0.4, -0.2) is 32.1 Å². The topological polar surface area (TPSA) is 54.0 Å². The van der Waals surface area contributed by atoms with Crippen LogP contribution in [0.5, 0.6) is 11.5 Å². The predicted molar refractivity (Wildman–Crippen MR) is 130 cm³/mol. The van der Waals surface area contributed by atoms with Crippen LogP contribution in [0.1, 0.15) is 65.2 Å². The van der Waals surface area contributed by atoms with Crippen molar-refractivity contribution in [3.05, 3.63) is 48.3 Å². The van der Waals surface area contributed by atoms with Gasteiger partial charge in [-0.2, -0.15) is 0 Å². The van der Waals surface area contributed by atoms with Gasteiger partial charge in [0.25, 0.3) is 0 Å². The Labute approximate surface area is 202 Å². The molecular formula is C28H37FO5. The maximum Gasteiger partial charge on any atom is 0.319 e. The summed E-state index contributed by atoms with van der Waals surface area (Å²) < 4.78 is 37.1. The van der Waals surface area contributed by atoms with Gasteiger partial charge in [-0.3, -0.25) is 4.79 Å². The van der Waals surface area contributed by atoms with Gasteiger partial charge in [0, 0.05) is 11.6 Å². The summed E-state index contributed by atoms with van der Waals surface area (Å²) in [6.07, 6.45) is 8.40. The van der Waals surface area contributed by atoms with Crippen LogP contribution in [0.15, 0.2) is 42.5 Å². The third-order valence-electron chi connectivity index (χ3n) is 5.93. The summed E-state index contributed by atoms with van der Waals surface area (Å²) in [6, 6.07) is 11.7. The SMILES string of the molecule is CCCCCCOc1ccc(-c2ccc(OC(=O)C3COC(CCCCC)OC3)cc2)c(F)c1. The monoisotopic (exact) mass is 472 g/mol. The molecule has 2 aromatic rings. The zero-order valence-electron chi connectivity index (χ0n) is 20.4. The van der Waals surface area contributed by atoms with E-state index < -0.39 is 5.92 Å². The van der Waals surface area contributed by atoms with Crippen LogP contribution in [0.25, 0.3) is 11.1 Å². The normalized spacial score (nSPS) is 18.0. The van der Waals surface area contributed by atoms with Crippen molar-refractivity contribution in [1.82, 2.24) is 0 Å². The van der Waals surface area contributed by atoms with Crippen LogP contribution in [0.4, 0.5) is 4.39 Å². The fourth-order valence-electron chi connectivity index (χ4n) is 3.85. The number of ether oxygens (including phenoxy) is 4. The minimum Gasteiger partial charge on any atom is -0.493 e. The van der Waals surface area contributed by atoms with Gasteiger partial charge in [0.15, 0.2) is 6.29 Å². The summed E-state index contributed by atoms with van der Waals surface area (Å²) in [5, 5.41) is 0. The molecule has 1 aliphatic rings. The van der Waals surface area contributed by atoms with Gasteiger partial charge in [0.2, 0.25) is 0 Å². The molecule has 0 amide bonds. The summed E-state index contributed by atoms with van der Waals surface area (Å²) in [6.45, 7) is 5.50. The molecular weight excluding hydrogens is 435 g/mol. The molecule has 34 heavy (non-hydrogen) atoms. The van der Waals surface area contributed by atoms with Gasteiger partial charge in [0.1, 0.15) is 23.2 Å². The predicted octanol–water partition coefficient (Wildman–Crippen LogP) is 6.93. The Morgan fingerprint density at radius 3 is 2.26 bits per heavy atom. The molecule has 1 fully saturated rings. The van der Waals surface area contributed by atoms with Crippen molar-refractivity contribution in [3.63, 3.8) is 0 Å². The molecule has 0 saturated carbocycles. The standard InChI is InChI=1S/C28H37FO5/c1-3-5-7-9-17-31-24-15-16-25(26(29)18-24)21-11-13-23(14-12-21)34-28(30)22-19-32-27(33-20-22)10-8-6-4-2/h11-16,18,22,27H,3-10,17,19-20H2,1-2H3. The van der Waals surface area contributed by atoms with Gasteiger partial charge in [-0.1, -0.05) is 58.1 Å². The Morgan fingerprint density at radius 1 is 0.912 bits per heavy atom. The van der Waals surface area contributed by atoms with Crippen LogP contribution in [0.3, 0.4) is 0 Å². The molecule has 0 N–H and O–H groups in total. The number of carbonyl (C=O) groups excluding carboxylic acids is 1. The molecule has 1 aliphatic heterocycles. The van der Waals surface area contributed by atoms with Gasteiger partial charge >= 0.3 is 5.97 Å². The van der Waals surface area contributed by atoms with Crippen molar-refractivity contribution < 1.29 is 28.1 Å².